The van der Waals surface area contributed by atoms with E-state index < -0.39 is 52.2 Å². The number of pyridine rings is 3. The maximum Gasteiger partial charge on any atom is 0.475 e. The van der Waals surface area contributed by atoms with Crippen LogP contribution in [0.4, 0.5) is 31.4 Å². The van der Waals surface area contributed by atoms with E-state index in [9.17, 15) is 28.6 Å². The Hall–Kier alpha value is -11.0. The highest BCUT2D eigenvalue weighted by atomic mass is 31.2. The van der Waals surface area contributed by atoms with Gasteiger partial charge in [-0.05, 0) is 106 Å². The molecule has 5 atom stereocenters. The Balaban J connectivity index is 0.000000143. The Kier molecular flexibility index (Phi) is 20.7. The van der Waals surface area contributed by atoms with Gasteiger partial charge in [-0.15, -0.1) is 30.6 Å². The van der Waals surface area contributed by atoms with Crippen molar-refractivity contribution in [1.29, 1.82) is 0 Å². The number of fused-ring (bicyclic) bond motifs is 6. The highest BCUT2D eigenvalue weighted by Crippen LogP contribution is 2.52. The Morgan fingerprint density at radius 1 is 0.476 bits per heavy atom. The van der Waals surface area contributed by atoms with Gasteiger partial charge in [-0.1, -0.05) is 111 Å². The van der Waals surface area contributed by atoms with Crippen LogP contribution in [-0.2, 0) is 67.5 Å². The first-order valence-electron chi connectivity index (χ1n) is 31.9. The van der Waals surface area contributed by atoms with Gasteiger partial charge in [0.1, 0.15) is 35.4 Å². The lowest BCUT2D eigenvalue weighted by Gasteiger charge is -2.21. The molecule has 3 N–H and O–H groups in total. The van der Waals surface area contributed by atoms with Crippen LogP contribution in [0, 0.1) is 20.8 Å². The van der Waals surface area contributed by atoms with Gasteiger partial charge in [0.25, 0.3) is 17.7 Å². The van der Waals surface area contributed by atoms with Gasteiger partial charge in [-0.2, -0.15) is 0 Å². The van der Waals surface area contributed by atoms with Crippen molar-refractivity contribution in [2.45, 2.75) is 84.6 Å². The van der Waals surface area contributed by atoms with Crippen molar-refractivity contribution in [3.05, 3.63) is 216 Å². The summed E-state index contributed by atoms with van der Waals surface area (Å²) in [5.41, 5.74) is 13.2. The molecule has 3 fully saturated rings. The molecule has 5 aliphatic heterocycles. The number of aromatic nitrogens is 9. The number of phosphoric acid groups is 2. The SMILES string of the molecule is C.Cc1nnc(-c2ccc(-c3ccc(N4C[C@H](COP(=O)(O)O)OC4=O)cc3)cn2)o1.Cc1nnc(-c2ccc(-c3ccc4c(c3)C[C@H]3[C@H](CO)OC(=O)N43)cn2)o1.Cc1nnc(-c2ccc(-c3ccc4c(c3)C[C@H]3[C@H](COP(=O)(OCc5ccccc5)OCc5ccccc5)OC(=O)N43)cn2)o1. The van der Waals surface area contributed by atoms with Crippen LogP contribution in [0.3, 0.4) is 0 Å². The molecule has 11 aromatic rings. The number of nitrogens with zero attached hydrogens (tertiary/aromatic N) is 12. The predicted molar refractivity (Wildman–Crippen MR) is 369 cm³/mol. The summed E-state index contributed by atoms with van der Waals surface area (Å²) in [6.07, 6.45) is 2.98. The van der Waals surface area contributed by atoms with Crippen molar-refractivity contribution < 1.29 is 84.0 Å². The van der Waals surface area contributed by atoms with Crippen molar-refractivity contribution in [2.75, 3.05) is 41.1 Å². The van der Waals surface area contributed by atoms with E-state index in [0.717, 1.165) is 67.0 Å². The van der Waals surface area contributed by atoms with Gasteiger partial charge < -0.3 is 42.4 Å². The fourth-order valence-electron chi connectivity index (χ4n) is 12.1. The molecule has 6 aromatic heterocycles. The van der Waals surface area contributed by atoms with E-state index in [2.05, 4.69) is 56.1 Å². The van der Waals surface area contributed by atoms with Gasteiger partial charge in [0, 0.05) is 61.7 Å². The van der Waals surface area contributed by atoms with Crippen LogP contribution in [0.2, 0.25) is 0 Å². The minimum Gasteiger partial charge on any atom is -0.441 e. The number of rotatable bonds is 20. The minimum atomic E-state index is -4.62. The van der Waals surface area contributed by atoms with Gasteiger partial charge in [0.15, 0.2) is 0 Å². The van der Waals surface area contributed by atoms with Gasteiger partial charge >= 0.3 is 33.9 Å². The maximum absolute atomic E-state index is 13.8. The molecule has 3 saturated heterocycles. The third-order valence-corrected chi connectivity index (χ3v) is 18.8. The van der Waals surface area contributed by atoms with Crippen LogP contribution in [0.1, 0.15) is 47.4 Å². The molecule has 0 spiro atoms. The monoisotopic (exact) mass is 1440 g/mol. The second kappa shape index (κ2) is 30.3. The summed E-state index contributed by atoms with van der Waals surface area (Å²) in [7, 11) is -8.66. The summed E-state index contributed by atoms with van der Waals surface area (Å²) in [4.78, 5) is 72.5. The average Bonchev–Trinajstić information content (AvgIpc) is 1.60. The van der Waals surface area contributed by atoms with Gasteiger partial charge in [0.05, 0.1) is 63.0 Å². The number of amides is 3. The number of anilines is 3. The van der Waals surface area contributed by atoms with Gasteiger partial charge in [0.2, 0.25) is 17.7 Å². The summed E-state index contributed by atoms with van der Waals surface area (Å²) < 4.78 is 78.5. The van der Waals surface area contributed by atoms with E-state index in [0.29, 0.717) is 71.0 Å². The molecule has 5 aliphatic rings. The second-order valence-electron chi connectivity index (χ2n) is 23.9. The highest BCUT2D eigenvalue weighted by molar-refractivity contribution is 7.48. The molecule has 0 bridgehead atoms. The molecule has 11 heterocycles. The lowest BCUT2D eigenvalue weighted by atomic mass is 10.0. The predicted octanol–water partition coefficient (Wildman–Crippen LogP) is 12.4. The van der Waals surface area contributed by atoms with E-state index in [1.807, 2.05) is 133 Å². The minimum absolute atomic E-state index is 0. The van der Waals surface area contributed by atoms with Crippen molar-refractivity contribution >= 4 is 51.0 Å². The fraction of sp³-hybridized carbons (Fsp3) is 0.239. The molecule has 32 heteroatoms. The zero-order chi connectivity index (χ0) is 70.7. The number of carbonyl (C=O) groups excluding carboxylic acids is 3. The van der Waals surface area contributed by atoms with Crippen molar-refractivity contribution in [3.63, 3.8) is 0 Å². The first kappa shape index (κ1) is 70.4. The van der Waals surface area contributed by atoms with Crippen LogP contribution in [-0.4, -0.2) is 135 Å². The number of carbonyl (C=O) groups is 3. The second-order valence-corrected chi connectivity index (χ2v) is 26.8. The molecule has 5 aromatic carbocycles. The standard InChI is InChI=1S/C33H29N4O7P.C19H16N4O4.C18H17N4O7P.CH4/c1-22-35-36-32(43-22)28-14-12-26(18-34-28)25-13-15-29-27(16-25)17-30-31(44-33(38)37(29)30)21-42-45(39,40-19-23-8-4-2-5-9-23)41-20-24-10-6-3-7-11-24;1-10-21-22-18(26-10)14-4-2-12(8-20-14)11-3-5-15-13(6-11)7-16-17(9-24)27-19(25)23(15)16;1-11-20-21-17(28-11)16-7-4-13(8-19-16)12-2-5-14(6-3-12)22-9-15(29-18(22)23)10-27-30(24,25)26;/h2-16,18,30-31H,17,19-21H2,1H3;2-6,8,16-17,24H,7,9H2,1H3;2-8,15H,9-10H2,1H3,(H2,24,25,26);1H4/t30-,31-;16-,17-;15-;/m001./s1. The summed E-state index contributed by atoms with van der Waals surface area (Å²) >= 11 is 0. The van der Waals surface area contributed by atoms with Crippen LogP contribution in [0.5, 0.6) is 0 Å². The molecular weight excluding hydrogens is 1370 g/mol. The Morgan fingerprint density at radius 3 is 1.32 bits per heavy atom. The molecule has 30 nitrogen and oxygen atoms in total. The largest absolute Gasteiger partial charge is 0.475 e. The molecule has 3 amide bonds. The Morgan fingerprint density at radius 2 is 0.903 bits per heavy atom. The molecule has 103 heavy (non-hydrogen) atoms. The van der Waals surface area contributed by atoms with Gasteiger partial charge in [-0.3, -0.25) is 47.7 Å². The number of aliphatic hydroxyl groups excluding tert-OH is 1. The van der Waals surface area contributed by atoms with E-state index in [1.54, 1.807) is 67.4 Å². The quantitative estimate of drug-likeness (QED) is 0.0471. The van der Waals surface area contributed by atoms with E-state index in [-0.39, 0.29) is 59.1 Å². The number of ether oxygens (including phenoxy) is 3. The topological polar surface area (TPSA) is 376 Å². The zero-order valence-electron chi connectivity index (χ0n) is 54.5. The van der Waals surface area contributed by atoms with Crippen LogP contribution in [0.25, 0.3) is 68.1 Å². The lowest BCUT2D eigenvalue weighted by molar-refractivity contribution is 0.0515. The number of aryl methyl sites for hydroxylation is 3. The maximum atomic E-state index is 13.8. The number of hydrogen-bond donors (Lipinski definition) is 3. The smallest absolute Gasteiger partial charge is 0.441 e. The van der Waals surface area contributed by atoms with Crippen molar-refractivity contribution in [2.24, 2.45) is 0 Å². The lowest BCUT2D eigenvalue weighted by Crippen LogP contribution is -2.35. The number of benzene rings is 5. The summed E-state index contributed by atoms with van der Waals surface area (Å²) in [5.74, 6) is 2.53. The molecule has 0 radical (unpaired) electrons. The highest BCUT2D eigenvalue weighted by Gasteiger charge is 2.50. The number of phosphoric ester groups is 2. The average molecular weight is 1440 g/mol. The molecule has 528 valence electrons. The van der Waals surface area contributed by atoms with E-state index in [1.165, 1.54) is 4.90 Å². The molecular formula is C71H66N12O18P2. The fourth-order valence-corrected chi connectivity index (χ4v) is 13.6. The first-order chi connectivity index (χ1) is 49.4. The third-order valence-electron chi connectivity index (χ3n) is 17.0. The normalized spacial score (nSPS) is 17.8. The molecule has 16 rings (SSSR count). The Labute approximate surface area is 588 Å². The molecule has 0 unspecified atom stereocenters. The van der Waals surface area contributed by atoms with Crippen LogP contribution >= 0.6 is 15.6 Å². The summed E-state index contributed by atoms with van der Waals surface area (Å²) in [5, 5.41) is 32.8. The van der Waals surface area contributed by atoms with Crippen molar-refractivity contribution in [1.82, 2.24) is 45.5 Å². The third kappa shape index (κ3) is 16.0. The number of cyclic esters (lactones) is 3. The Bertz CT molecular complexity index is 4890. The molecule has 0 aliphatic carbocycles. The molecule has 0 saturated carbocycles. The van der Waals surface area contributed by atoms with Crippen molar-refractivity contribution in [3.8, 4) is 68.1 Å². The zero-order valence-corrected chi connectivity index (χ0v) is 56.3. The summed E-state index contributed by atoms with van der Waals surface area (Å²) in [6.45, 7) is 4.64. The number of aliphatic hydroxyl groups is 1. The van der Waals surface area contributed by atoms with E-state index >= 15 is 0 Å². The summed E-state index contributed by atoms with van der Waals surface area (Å²) in [6, 6.07) is 48.4. The number of hydrogen-bond acceptors (Lipinski definition) is 25. The first-order valence-corrected chi connectivity index (χ1v) is 34.9. The van der Waals surface area contributed by atoms with Crippen LogP contribution < -0.4 is 14.7 Å². The van der Waals surface area contributed by atoms with E-state index in [4.69, 9.17) is 50.8 Å². The van der Waals surface area contributed by atoms with Crippen LogP contribution in [0.15, 0.2) is 190 Å². The van der Waals surface area contributed by atoms with Gasteiger partial charge in [-0.25, -0.2) is 23.5 Å².